The van der Waals surface area contributed by atoms with Crippen LogP contribution in [0.25, 0.3) is 6.08 Å². The zero-order valence-corrected chi connectivity index (χ0v) is 20.0. The summed E-state index contributed by atoms with van der Waals surface area (Å²) in [6.07, 6.45) is 2.52. The third-order valence-corrected chi connectivity index (χ3v) is 5.81. The van der Waals surface area contributed by atoms with Gasteiger partial charge in [-0.25, -0.2) is 0 Å². The summed E-state index contributed by atoms with van der Waals surface area (Å²) >= 11 is 10.1. The number of hydrogen-bond acceptors (Lipinski definition) is 7. The summed E-state index contributed by atoms with van der Waals surface area (Å²) in [4.78, 5) is 26.0. The Hall–Kier alpha value is -1.58. The van der Waals surface area contributed by atoms with Crippen LogP contribution >= 0.6 is 39.9 Å². The fourth-order valence-electron chi connectivity index (χ4n) is 2.61. The summed E-state index contributed by atoms with van der Waals surface area (Å²) in [5, 5.41) is 0. The van der Waals surface area contributed by atoms with Gasteiger partial charge < -0.3 is 14.2 Å². The molecule has 0 aromatic heterocycles. The molecule has 0 spiro atoms. The van der Waals surface area contributed by atoms with Gasteiger partial charge in [-0.2, -0.15) is 0 Å². The number of carbonyl (C=O) groups excluding carboxylic acids is 2. The van der Waals surface area contributed by atoms with Crippen LogP contribution in [0.3, 0.4) is 0 Å². The highest BCUT2D eigenvalue weighted by Crippen LogP contribution is 2.39. The molecule has 1 fully saturated rings. The minimum absolute atomic E-state index is 0.00222. The number of thioether (sulfide) groups is 1. The monoisotopic (exact) mass is 501 g/mol. The van der Waals surface area contributed by atoms with Gasteiger partial charge in [0.05, 0.1) is 29.2 Å². The van der Waals surface area contributed by atoms with Crippen molar-refractivity contribution in [2.45, 2.75) is 39.7 Å². The lowest BCUT2D eigenvalue weighted by Gasteiger charge is -2.17. The Morgan fingerprint density at radius 3 is 2.72 bits per heavy atom. The van der Waals surface area contributed by atoms with E-state index < -0.39 is 0 Å². The van der Waals surface area contributed by atoms with Crippen LogP contribution in [0, 0.1) is 0 Å². The summed E-state index contributed by atoms with van der Waals surface area (Å²) in [6, 6.07) is 3.72. The molecule has 1 aliphatic rings. The van der Waals surface area contributed by atoms with Crippen LogP contribution in [0.15, 0.2) is 21.5 Å². The number of ether oxygens (including phenoxy) is 3. The highest BCUT2D eigenvalue weighted by atomic mass is 79.9. The number of thiocarbonyl (C=S) groups is 1. The predicted octanol–water partition coefficient (Wildman–Crippen LogP) is 4.79. The van der Waals surface area contributed by atoms with Crippen molar-refractivity contribution in [2.75, 3.05) is 20.3 Å². The summed E-state index contributed by atoms with van der Waals surface area (Å²) in [6.45, 7) is 6.67. The van der Waals surface area contributed by atoms with Crippen LogP contribution in [-0.4, -0.2) is 47.5 Å². The Morgan fingerprint density at radius 2 is 2.10 bits per heavy atom. The van der Waals surface area contributed by atoms with Crippen molar-refractivity contribution >= 4 is 62.2 Å². The fraction of sp³-hybridized carbons (Fsp3) is 0.450. The van der Waals surface area contributed by atoms with Crippen molar-refractivity contribution in [1.82, 2.24) is 4.90 Å². The van der Waals surface area contributed by atoms with Crippen molar-refractivity contribution in [3.63, 3.8) is 0 Å². The van der Waals surface area contributed by atoms with E-state index in [-0.39, 0.29) is 24.4 Å². The molecule has 0 atom stereocenters. The number of carbonyl (C=O) groups is 2. The molecule has 2 rings (SSSR count). The van der Waals surface area contributed by atoms with Gasteiger partial charge in [-0.05, 0) is 66.9 Å². The third-order valence-electron chi connectivity index (χ3n) is 3.85. The first-order valence-corrected chi connectivity index (χ1v) is 11.2. The average molecular weight is 502 g/mol. The molecular weight excluding hydrogens is 478 g/mol. The van der Waals surface area contributed by atoms with Crippen LogP contribution in [0.2, 0.25) is 0 Å². The number of hydrogen-bond donors (Lipinski definition) is 0. The Bertz CT molecular complexity index is 825. The molecule has 0 N–H and O–H groups in total. The molecule has 1 aromatic rings. The molecule has 0 unspecified atom stereocenters. The van der Waals surface area contributed by atoms with Crippen molar-refractivity contribution in [3.05, 3.63) is 27.1 Å². The van der Waals surface area contributed by atoms with Crippen LogP contribution in [0.5, 0.6) is 11.5 Å². The van der Waals surface area contributed by atoms with E-state index in [0.717, 1.165) is 10.0 Å². The molecule has 0 aliphatic carbocycles. The number of benzene rings is 1. The highest BCUT2D eigenvalue weighted by Gasteiger charge is 2.31. The molecule has 9 heteroatoms. The second-order valence-electron chi connectivity index (χ2n) is 6.44. The quantitative estimate of drug-likeness (QED) is 0.273. The van der Waals surface area contributed by atoms with E-state index in [1.54, 1.807) is 6.08 Å². The predicted molar refractivity (Wildman–Crippen MR) is 122 cm³/mol. The van der Waals surface area contributed by atoms with Gasteiger partial charge in [-0.3, -0.25) is 14.5 Å². The Labute approximate surface area is 189 Å². The molecular formula is C20H24BrNO5S2. The molecule has 0 radical (unpaired) electrons. The molecule has 6 nitrogen and oxygen atoms in total. The summed E-state index contributed by atoms with van der Waals surface area (Å²) in [7, 11) is 1.34. The maximum Gasteiger partial charge on any atom is 0.305 e. The normalized spacial score (nSPS) is 15.4. The molecule has 1 aromatic carbocycles. The third kappa shape index (κ3) is 6.45. The molecule has 158 valence electrons. The van der Waals surface area contributed by atoms with Gasteiger partial charge in [0.1, 0.15) is 4.32 Å². The van der Waals surface area contributed by atoms with Crippen LogP contribution in [0.4, 0.5) is 0 Å². The van der Waals surface area contributed by atoms with E-state index in [4.69, 9.17) is 21.7 Å². The van der Waals surface area contributed by atoms with Gasteiger partial charge in [0.2, 0.25) is 0 Å². The largest absolute Gasteiger partial charge is 0.490 e. The smallest absolute Gasteiger partial charge is 0.305 e. The van der Waals surface area contributed by atoms with E-state index in [0.29, 0.717) is 40.3 Å². The summed E-state index contributed by atoms with van der Waals surface area (Å²) < 4.78 is 17.4. The second kappa shape index (κ2) is 11.0. The van der Waals surface area contributed by atoms with Gasteiger partial charge in [0, 0.05) is 13.0 Å². The van der Waals surface area contributed by atoms with E-state index in [1.165, 1.54) is 23.8 Å². The second-order valence-corrected chi connectivity index (χ2v) is 8.97. The molecule has 0 saturated carbocycles. The first-order valence-electron chi connectivity index (χ1n) is 9.22. The van der Waals surface area contributed by atoms with E-state index >= 15 is 0 Å². The minimum Gasteiger partial charge on any atom is -0.490 e. The maximum atomic E-state index is 12.7. The molecule has 0 bridgehead atoms. The van der Waals surface area contributed by atoms with E-state index in [1.807, 2.05) is 32.9 Å². The SMILES string of the molecule is CCOc1cc(/C=C2\SC(=S)N(CCCC(=O)OC)C2=O)cc(Br)c1OC(C)C. The lowest BCUT2D eigenvalue weighted by molar-refractivity contribution is -0.141. The first-order chi connectivity index (χ1) is 13.8. The standard InChI is InChI=1S/C20H24BrNO5S2/c1-5-26-15-10-13(9-14(21)18(15)27-12(2)3)11-16-19(24)22(20(28)29-16)8-6-7-17(23)25-4/h9-12H,5-8H2,1-4H3/b16-11-. The van der Waals surface area contributed by atoms with Gasteiger partial charge in [-0.1, -0.05) is 24.0 Å². The van der Waals surface area contributed by atoms with Gasteiger partial charge in [-0.15, -0.1) is 0 Å². The lowest BCUT2D eigenvalue weighted by Crippen LogP contribution is -2.29. The number of methoxy groups -OCH3 is 1. The Balaban J connectivity index is 2.21. The van der Waals surface area contributed by atoms with Crippen LogP contribution < -0.4 is 9.47 Å². The zero-order valence-electron chi connectivity index (χ0n) is 16.8. The van der Waals surface area contributed by atoms with Gasteiger partial charge >= 0.3 is 5.97 Å². The minimum atomic E-state index is -0.303. The Morgan fingerprint density at radius 1 is 1.38 bits per heavy atom. The molecule has 1 saturated heterocycles. The topological polar surface area (TPSA) is 65.1 Å². The van der Waals surface area contributed by atoms with Crippen molar-refractivity contribution in [2.24, 2.45) is 0 Å². The van der Waals surface area contributed by atoms with E-state index in [9.17, 15) is 9.59 Å². The van der Waals surface area contributed by atoms with E-state index in [2.05, 4.69) is 20.7 Å². The Kier molecular flexibility index (Phi) is 8.98. The lowest BCUT2D eigenvalue weighted by atomic mass is 10.1. The average Bonchev–Trinajstić information content (AvgIpc) is 2.91. The highest BCUT2D eigenvalue weighted by molar-refractivity contribution is 9.10. The molecule has 29 heavy (non-hydrogen) atoms. The number of halogens is 1. The molecule has 1 amide bonds. The van der Waals surface area contributed by atoms with Gasteiger partial charge in [0.25, 0.3) is 5.91 Å². The number of rotatable bonds is 9. The number of esters is 1. The molecule has 1 aliphatic heterocycles. The maximum absolute atomic E-state index is 12.7. The van der Waals surface area contributed by atoms with Crippen molar-refractivity contribution in [3.8, 4) is 11.5 Å². The number of amides is 1. The van der Waals surface area contributed by atoms with Crippen molar-refractivity contribution in [1.29, 1.82) is 0 Å². The summed E-state index contributed by atoms with van der Waals surface area (Å²) in [5.41, 5.74) is 0.798. The van der Waals surface area contributed by atoms with Crippen LogP contribution in [0.1, 0.15) is 39.2 Å². The first kappa shape index (κ1) is 23.7. The zero-order chi connectivity index (χ0) is 21.6. The fourth-order valence-corrected chi connectivity index (χ4v) is 4.47. The molecule has 1 heterocycles. The summed E-state index contributed by atoms with van der Waals surface area (Å²) in [5.74, 6) is 0.772. The van der Waals surface area contributed by atoms with Crippen molar-refractivity contribution < 1.29 is 23.8 Å². The van der Waals surface area contributed by atoms with Crippen LogP contribution in [-0.2, 0) is 14.3 Å². The van der Waals surface area contributed by atoms with Gasteiger partial charge in [0.15, 0.2) is 11.5 Å². The number of nitrogens with zero attached hydrogens (tertiary/aromatic N) is 1.